The van der Waals surface area contributed by atoms with Gasteiger partial charge in [0.15, 0.2) is 5.96 Å². The third-order valence-electron chi connectivity index (χ3n) is 5.08. The minimum atomic E-state index is -0.210. The maximum absolute atomic E-state index is 11.9. The van der Waals surface area contributed by atoms with Crippen LogP contribution in [0.25, 0.3) is 0 Å². The third kappa shape index (κ3) is 8.97. The Labute approximate surface area is 198 Å². The molecule has 1 aromatic carbocycles. The van der Waals surface area contributed by atoms with Gasteiger partial charge in [-0.15, -0.1) is 24.0 Å². The van der Waals surface area contributed by atoms with Crippen molar-refractivity contribution in [1.29, 1.82) is 0 Å². The summed E-state index contributed by atoms with van der Waals surface area (Å²) >= 11 is 0. The Hall–Kier alpha value is -1.71. The fourth-order valence-corrected chi connectivity index (χ4v) is 3.30. The Balaban J connectivity index is 0.00000450. The minimum absolute atomic E-state index is 0. The van der Waals surface area contributed by atoms with Crippen molar-refractivity contribution in [2.45, 2.75) is 52.6 Å². The van der Waals surface area contributed by atoms with Crippen molar-refractivity contribution < 1.29 is 9.53 Å². The van der Waals surface area contributed by atoms with E-state index in [1.54, 1.807) is 4.90 Å². The van der Waals surface area contributed by atoms with Crippen LogP contribution in [-0.4, -0.2) is 61.8 Å². The highest BCUT2D eigenvalue weighted by atomic mass is 127. The van der Waals surface area contributed by atoms with Gasteiger partial charge in [-0.3, -0.25) is 4.99 Å². The molecule has 8 heteroatoms. The average molecular weight is 531 g/mol. The predicted octanol–water partition coefficient (Wildman–Crippen LogP) is 3.92. The summed E-state index contributed by atoms with van der Waals surface area (Å²) in [7, 11) is 0. The molecule has 1 fully saturated rings. The number of halogens is 1. The molecule has 1 unspecified atom stereocenters. The second kappa shape index (κ2) is 14.3. The lowest BCUT2D eigenvalue weighted by molar-refractivity contribution is 0.0963. The van der Waals surface area contributed by atoms with E-state index in [2.05, 4.69) is 48.9 Å². The Morgan fingerprint density at radius 2 is 1.87 bits per heavy atom. The van der Waals surface area contributed by atoms with Gasteiger partial charge in [0.2, 0.25) is 0 Å². The number of hydrogen-bond acceptors (Lipinski definition) is 4. The summed E-state index contributed by atoms with van der Waals surface area (Å²) in [5, 5.41) is 10.5. The first-order chi connectivity index (χ1) is 14.0. The fourth-order valence-electron chi connectivity index (χ4n) is 3.30. The highest BCUT2D eigenvalue weighted by Gasteiger charge is 2.24. The van der Waals surface area contributed by atoms with E-state index in [9.17, 15) is 4.79 Å². The molecule has 1 saturated heterocycles. The van der Waals surface area contributed by atoms with E-state index in [1.165, 1.54) is 0 Å². The molecule has 0 saturated carbocycles. The number of carbonyl (C=O) groups excluding carboxylic acids is 1. The quantitative estimate of drug-likeness (QED) is 0.269. The Morgan fingerprint density at radius 3 is 2.43 bits per heavy atom. The molecule has 1 amide bonds. The van der Waals surface area contributed by atoms with E-state index >= 15 is 0 Å². The number of carbonyl (C=O) groups is 1. The number of guanidine groups is 1. The summed E-state index contributed by atoms with van der Waals surface area (Å²) in [6.07, 6.45) is 1.57. The summed E-state index contributed by atoms with van der Waals surface area (Å²) in [5.41, 5.74) is 1.12. The summed E-state index contributed by atoms with van der Waals surface area (Å²) in [5.74, 6) is 1.29. The summed E-state index contributed by atoms with van der Waals surface area (Å²) < 4.78 is 5.10. The average Bonchev–Trinajstić information content (AvgIpc) is 2.72. The van der Waals surface area contributed by atoms with Gasteiger partial charge in [0, 0.05) is 37.4 Å². The van der Waals surface area contributed by atoms with Crippen LogP contribution in [0.5, 0.6) is 0 Å². The number of hydrogen-bond donors (Lipinski definition) is 3. The lowest BCUT2D eigenvalue weighted by Gasteiger charge is -2.32. The summed E-state index contributed by atoms with van der Waals surface area (Å²) in [6, 6.07) is 10.8. The third-order valence-corrected chi connectivity index (χ3v) is 5.08. The van der Waals surface area contributed by atoms with Gasteiger partial charge in [-0.05, 0) is 44.7 Å². The van der Waals surface area contributed by atoms with Crippen molar-refractivity contribution in [3.8, 4) is 0 Å². The van der Waals surface area contributed by atoms with Gasteiger partial charge in [0.25, 0.3) is 0 Å². The molecular weight excluding hydrogens is 493 g/mol. The first-order valence-electron chi connectivity index (χ1n) is 10.8. The molecule has 0 radical (unpaired) electrons. The predicted molar refractivity (Wildman–Crippen MR) is 135 cm³/mol. The van der Waals surface area contributed by atoms with E-state index in [-0.39, 0.29) is 36.1 Å². The van der Waals surface area contributed by atoms with E-state index in [4.69, 9.17) is 9.73 Å². The van der Waals surface area contributed by atoms with Gasteiger partial charge < -0.3 is 25.6 Å². The highest BCUT2D eigenvalue weighted by Crippen LogP contribution is 2.14. The number of aliphatic imine (C=N–C) groups is 1. The molecule has 0 spiro atoms. The standard InChI is InChI=1S/C22H37N5O2.HI/c1-5-23-21(26-19-12-14-27(15-13-19)22(28)29-6-2)24-16-20(17(3)4)25-18-10-8-7-9-11-18;/h7-11,17,19-20,25H,5-6,12-16H2,1-4H3,(H2,23,24,26);1H. The van der Waals surface area contributed by atoms with Crippen molar-refractivity contribution in [3.63, 3.8) is 0 Å². The first-order valence-corrected chi connectivity index (χ1v) is 10.8. The molecule has 1 heterocycles. The van der Waals surface area contributed by atoms with Crippen LogP contribution in [0, 0.1) is 5.92 Å². The summed E-state index contributed by atoms with van der Waals surface area (Å²) in [4.78, 5) is 18.5. The van der Waals surface area contributed by atoms with E-state index in [0.29, 0.717) is 38.2 Å². The second-order valence-corrected chi connectivity index (χ2v) is 7.69. The molecule has 3 N–H and O–H groups in total. The molecule has 2 rings (SSSR count). The van der Waals surface area contributed by atoms with E-state index < -0.39 is 0 Å². The molecule has 1 aromatic rings. The Bertz CT molecular complexity index is 634. The van der Waals surface area contributed by atoms with Crippen LogP contribution in [0.4, 0.5) is 10.5 Å². The van der Waals surface area contributed by atoms with E-state index in [0.717, 1.165) is 31.0 Å². The lowest BCUT2D eigenvalue weighted by Crippen LogP contribution is -2.50. The Kier molecular flexibility index (Phi) is 12.6. The normalized spacial score (nSPS) is 15.9. The van der Waals surface area contributed by atoms with Gasteiger partial charge in [0.05, 0.1) is 13.2 Å². The zero-order valence-electron chi connectivity index (χ0n) is 18.7. The van der Waals surface area contributed by atoms with E-state index in [1.807, 2.05) is 25.1 Å². The van der Waals surface area contributed by atoms with Gasteiger partial charge in [0.1, 0.15) is 0 Å². The largest absolute Gasteiger partial charge is 0.450 e. The number of nitrogens with zero attached hydrogens (tertiary/aromatic N) is 2. The van der Waals surface area contributed by atoms with Crippen molar-refractivity contribution in [2.75, 3.05) is 38.1 Å². The fraction of sp³-hybridized carbons (Fsp3) is 0.636. The number of para-hydroxylation sites is 1. The van der Waals surface area contributed by atoms with Crippen molar-refractivity contribution >= 4 is 41.7 Å². The number of piperidine rings is 1. The van der Waals surface area contributed by atoms with Crippen molar-refractivity contribution in [3.05, 3.63) is 30.3 Å². The molecule has 30 heavy (non-hydrogen) atoms. The molecule has 0 bridgehead atoms. The molecule has 1 aliphatic rings. The minimum Gasteiger partial charge on any atom is -0.450 e. The smallest absolute Gasteiger partial charge is 0.409 e. The maximum atomic E-state index is 11.9. The van der Waals surface area contributed by atoms with Crippen LogP contribution in [-0.2, 0) is 4.74 Å². The number of rotatable bonds is 8. The van der Waals surface area contributed by atoms with Gasteiger partial charge in [-0.1, -0.05) is 32.0 Å². The first kappa shape index (κ1) is 26.3. The second-order valence-electron chi connectivity index (χ2n) is 7.69. The number of ether oxygens (including phenoxy) is 1. The number of benzene rings is 1. The molecule has 7 nitrogen and oxygen atoms in total. The SMILES string of the molecule is CCNC(=NCC(Nc1ccccc1)C(C)C)NC1CCN(C(=O)OCC)CC1.I. The van der Waals surface area contributed by atoms with Crippen molar-refractivity contribution in [1.82, 2.24) is 15.5 Å². The molecule has 1 aliphatic heterocycles. The zero-order chi connectivity index (χ0) is 21.1. The molecule has 1 atom stereocenters. The van der Waals surface area contributed by atoms with Gasteiger partial charge >= 0.3 is 6.09 Å². The number of nitrogens with one attached hydrogen (secondary N) is 3. The lowest BCUT2D eigenvalue weighted by atomic mass is 10.0. The molecule has 170 valence electrons. The molecule has 0 aliphatic carbocycles. The molecule has 0 aromatic heterocycles. The van der Waals surface area contributed by atoms with Gasteiger partial charge in [-0.2, -0.15) is 0 Å². The number of anilines is 1. The topological polar surface area (TPSA) is 78.0 Å². The van der Waals surface area contributed by atoms with Crippen LogP contribution in [0.1, 0.15) is 40.5 Å². The van der Waals surface area contributed by atoms with Gasteiger partial charge in [-0.25, -0.2) is 4.79 Å². The Morgan fingerprint density at radius 1 is 1.20 bits per heavy atom. The van der Waals surface area contributed by atoms with Crippen LogP contribution in [0.2, 0.25) is 0 Å². The zero-order valence-corrected chi connectivity index (χ0v) is 21.0. The van der Waals surface area contributed by atoms with Crippen LogP contribution in [0.3, 0.4) is 0 Å². The van der Waals surface area contributed by atoms with Crippen LogP contribution < -0.4 is 16.0 Å². The van der Waals surface area contributed by atoms with Crippen molar-refractivity contribution in [2.24, 2.45) is 10.9 Å². The number of likely N-dealkylation sites (tertiary alicyclic amines) is 1. The highest BCUT2D eigenvalue weighted by molar-refractivity contribution is 14.0. The maximum Gasteiger partial charge on any atom is 0.409 e. The summed E-state index contributed by atoms with van der Waals surface area (Å²) in [6.45, 7) is 11.7. The van der Waals surface area contributed by atoms with Crippen LogP contribution >= 0.6 is 24.0 Å². The monoisotopic (exact) mass is 531 g/mol. The number of amides is 1. The molecular formula is C22H38IN5O2. The van der Waals surface area contributed by atoms with Crippen LogP contribution in [0.15, 0.2) is 35.3 Å².